The van der Waals surface area contributed by atoms with Crippen LogP contribution in [0.25, 0.3) is 0 Å². The van der Waals surface area contributed by atoms with Crippen LogP contribution < -0.4 is 5.32 Å². The molecule has 0 atom stereocenters. The Morgan fingerprint density at radius 1 is 1.60 bits per heavy atom. The summed E-state index contributed by atoms with van der Waals surface area (Å²) in [4.78, 5) is 4.51. The lowest BCUT2D eigenvalue weighted by Gasteiger charge is -2.24. The third-order valence-electron chi connectivity index (χ3n) is 2.64. The first kappa shape index (κ1) is 11.0. The number of rotatable bonds is 6. The van der Waals surface area contributed by atoms with Crippen molar-refractivity contribution in [2.75, 3.05) is 6.54 Å². The van der Waals surface area contributed by atoms with E-state index in [0.717, 1.165) is 23.8 Å². The second-order valence-electron chi connectivity index (χ2n) is 3.88. The summed E-state index contributed by atoms with van der Waals surface area (Å²) in [5.41, 5.74) is 1.08. The van der Waals surface area contributed by atoms with E-state index in [1.54, 1.807) is 11.3 Å². The SMILES string of the molecule is CCNCc1nc(COC2CCC2)cs1. The lowest BCUT2D eigenvalue weighted by Crippen LogP contribution is -2.21. The molecule has 1 aromatic rings. The van der Waals surface area contributed by atoms with E-state index in [9.17, 15) is 0 Å². The van der Waals surface area contributed by atoms with E-state index >= 15 is 0 Å². The van der Waals surface area contributed by atoms with Gasteiger partial charge in [0, 0.05) is 11.9 Å². The van der Waals surface area contributed by atoms with E-state index in [1.165, 1.54) is 19.3 Å². The van der Waals surface area contributed by atoms with Crippen molar-refractivity contribution in [2.45, 2.75) is 45.4 Å². The minimum Gasteiger partial charge on any atom is -0.372 e. The van der Waals surface area contributed by atoms with Gasteiger partial charge >= 0.3 is 0 Å². The number of aromatic nitrogens is 1. The highest BCUT2D eigenvalue weighted by molar-refractivity contribution is 7.09. The van der Waals surface area contributed by atoms with Gasteiger partial charge < -0.3 is 10.1 Å². The number of hydrogen-bond donors (Lipinski definition) is 1. The number of nitrogens with zero attached hydrogens (tertiary/aromatic N) is 1. The molecule has 0 aromatic carbocycles. The lowest BCUT2D eigenvalue weighted by molar-refractivity contribution is -0.00993. The van der Waals surface area contributed by atoms with Gasteiger partial charge in [0.25, 0.3) is 0 Å². The molecule has 4 heteroatoms. The van der Waals surface area contributed by atoms with E-state index in [0.29, 0.717) is 12.7 Å². The molecule has 1 fully saturated rings. The van der Waals surface area contributed by atoms with Crippen LogP contribution in [-0.4, -0.2) is 17.6 Å². The highest BCUT2D eigenvalue weighted by atomic mass is 32.1. The molecule has 1 N–H and O–H groups in total. The number of ether oxygens (including phenoxy) is 1. The van der Waals surface area contributed by atoms with Crippen LogP contribution in [0.5, 0.6) is 0 Å². The molecule has 0 spiro atoms. The van der Waals surface area contributed by atoms with Gasteiger partial charge in [-0.3, -0.25) is 0 Å². The Kier molecular flexibility index (Phi) is 4.11. The Labute approximate surface area is 94.9 Å². The summed E-state index contributed by atoms with van der Waals surface area (Å²) in [6.07, 6.45) is 4.29. The van der Waals surface area contributed by atoms with Crippen LogP contribution in [0, 0.1) is 0 Å². The van der Waals surface area contributed by atoms with Gasteiger partial charge in [-0.25, -0.2) is 4.98 Å². The summed E-state index contributed by atoms with van der Waals surface area (Å²) in [7, 11) is 0. The van der Waals surface area contributed by atoms with Gasteiger partial charge in [-0.05, 0) is 25.8 Å². The fourth-order valence-corrected chi connectivity index (χ4v) is 2.22. The smallest absolute Gasteiger partial charge is 0.107 e. The molecule has 0 saturated heterocycles. The van der Waals surface area contributed by atoms with Crippen molar-refractivity contribution in [1.29, 1.82) is 0 Å². The van der Waals surface area contributed by atoms with Gasteiger partial charge in [-0.1, -0.05) is 6.92 Å². The van der Waals surface area contributed by atoms with Crippen molar-refractivity contribution in [3.8, 4) is 0 Å². The number of hydrogen-bond acceptors (Lipinski definition) is 4. The van der Waals surface area contributed by atoms with Gasteiger partial charge in [0.15, 0.2) is 0 Å². The van der Waals surface area contributed by atoms with E-state index < -0.39 is 0 Å². The molecule has 15 heavy (non-hydrogen) atoms. The van der Waals surface area contributed by atoms with Crippen molar-refractivity contribution in [1.82, 2.24) is 10.3 Å². The van der Waals surface area contributed by atoms with E-state index in [4.69, 9.17) is 4.74 Å². The molecule has 3 nitrogen and oxygen atoms in total. The van der Waals surface area contributed by atoms with Crippen LogP contribution in [0.15, 0.2) is 5.38 Å². The first-order chi connectivity index (χ1) is 7.38. The first-order valence-electron chi connectivity index (χ1n) is 5.64. The van der Waals surface area contributed by atoms with Crippen molar-refractivity contribution < 1.29 is 4.74 Å². The summed E-state index contributed by atoms with van der Waals surface area (Å²) in [5.74, 6) is 0. The minimum atomic E-state index is 0.504. The molecule has 2 rings (SSSR count). The highest BCUT2D eigenvalue weighted by Crippen LogP contribution is 2.23. The predicted octanol–water partition coefficient (Wildman–Crippen LogP) is 2.32. The van der Waals surface area contributed by atoms with Crippen LogP contribution in [0.4, 0.5) is 0 Å². The fraction of sp³-hybridized carbons (Fsp3) is 0.727. The van der Waals surface area contributed by atoms with Crippen LogP contribution in [0.3, 0.4) is 0 Å². The summed E-state index contributed by atoms with van der Waals surface area (Å²) >= 11 is 1.71. The zero-order chi connectivity index (χ0) is 10.5. The molecule has 1 saturated carbocycles. The second-order valence-corrected chi connectivity index (χ2v) is 4.82. The zero-order valence-electron chi connectivity index (χ0n) is 9.16. The summed E-state index contributed by atoms with van der Waals surface area (Å²) in [5, 5.41) is 6.53. The minimum absolute atomic E-state index is 0.504. The Morgan fingerprint density at radius 2 is 2.47 bits per heavy atom. The first-order valence-corrected chi connectivity index (χ1v) is 6.52. The van der Waals surface area contributed by atoms with Gasteiger partial charge in [0.05, 0.1) is 18.4 Å². The topological polar surface area (TPSA) is 34.2 Å². The third-order valence-corrected chi connectivity index (χ3v) is 3.54. The summed E-state index contributed by atoms with van der Waals surface area (Å²) < 4.78 is 5.71. The maximum absolute atomic E-state index is 5.71. The van der Waals surface area contributed by atoms with E-state index in [2.05, 4.69) is 22.6 Å². The molecule has 1 heterocycles. The van der Waals surface area contributed by atoms with Crippen molar-refractivity contribution in [3.63, 3.8) is 0 Å². The Hall–Kier alpha value is -0.450. The molecule has 0 unspecified atom stereocenters. The maximum Gasteiger partial charge on any atom is 0.107 e. The molecule has 1 aliphatic rings. The second kappa shape index (κ2) is 5.58. The monoisotopic (exact) mass is 226 g/mol. The quantitative estimate of drug-likeness (QED) is 0.808. The number of nitrogens with one attached hydrogen (secondary N) is 1. The fourth-order valence-electron chi connectivity index (χ4n) is 1.47. The zero-order valence-corrected chi connectivity index (χ0v) is 9.98. The van der Waals surface area contributed by atoms with Crippen molar-refractivity contribution >= 4 is 11.3 Å². The Bertz CT molecular complexity index is 297. The molecule has 84 valence electrons. The van der Waals surface area contributed by atoms with Crippen LogP contribution >= 0.6 is 11.3 Å². The Balaban J connectivity index is 1.73. The molecule has 0 radical (unpaired) electrons. The summed E-state index contributed by atoms with van der Waals surface area (Å²) in [6.45, 7) is 4.67. The molecule has 1 aliphatic carbocycles. The molecular formula is C11H18N2OS. The largest absolute Gasteiger partial charge is 0.372 e. The standard InChI is InChI=1S/C11H18N2OS/c1-2-12-6-11-13-9(8-15-11)7-14-10-4-3-5-10/h8,10,12H,2-7H2,1H3. The summed E-state index contributed by atoms with van der Waals surface area (Å²) in [6, 6.07) is 0. The van der Waals surface area contributed by atoms with E-state index in [1.807, 2.05) is 0 Å². The van der Waals surface area contributed by atoms with Gasteiger partial charge in [0.1, 0.15) is 5.01 Å². The molecule has 0 amide bonds. The average molecular weight is 226 g/mol. The van der Waals surface area contributed by atoms with Crippen molar-refractivity contribution in [2.24, 2.45) is 0 Å². The Morgan fingerprint density at radius 3 is 3.13 bits per heavy atom. The molecular weight excluding hydrogens is 208 g/mol. The predicted molar refractivity (Wildman–Crippen MR) is 61.9 cm³/mol. The molecule has 0 aliphatic heterocycles. The molecule has 0 bridgehead atoms. The normalized spacial score (nSPS) is 16.6. The lowest BCUT2D eigenvalue weighted by atomic mass is 9.96. The third kappa shape index (κ3) is 3.26. The van der Waals surface area contributed by atoms with E-state index in [-0.39, 0.29) is 0 Å². The van der Waals surface area contributed by atoms with Gasteiger partial charge in [0.2, 0.25) is 0 Å². The van der Waals surface area contributed by atoms with Crippen LogP contribution in [0.2, 0.25) is 0 Å². The highest BCUT2D eigenvalue weighted by Gasteiger charge is 2.18. The number of thiazole rings is 1. The molecule has 1 aromatic heterocycles. The van der Waals surface area contributed by atoms with Gasteiger partial charge in [-0.15, -0.1) is 11.3 Å². The maximum atomic E-state index is 5.71. The van der Waals surface area contributed by atoms with Crippen molar-refractivity contribution in [3.05, 3.63) is 16.1 Å². The van der Waals surface area contributed by atoms with Crippen LogP contribution in [0.1, 0.15) is 36.9 Å². The van der Waals surface area contributed by atoms with Gasteiger partial charge in [-0.2, -0.15) is 0 Å². The van der Waals surface area contributed by atoms with Crippen LogP contribution in [-0.2, 0) is 17.9 Å². The average Bonchev–Trinajstić information content (AvgIpc) is 2.60.